The number of likely N-dealkylation sites (N-methyl/N-ethyl adjacent to an activating group) is 1. The van der Waals surface area contributed by atoms with Gasteiger partial charge in [0.25, 0.3) is 5.91 Å². The Kier molecular flexibility index (Phi) is 7.89. The summed E-state index contributed by atoms with van der Waals surface area (Å²) in [7, 11) is 5.66. The highest BCUT2D eigenvalue weighted by Crippen LogP contribution is 2.33. The number of nitrogens with zero attached hydrogens (tertiary/aromatic N) is 5. The molecule has 4 rings (SSSR count). The number of amides is 2. The monoisotopic (exact) mass is 510 g/mol. The highest BCUT2D eigenvalue weighted by Gasteiger charge is 2.28. The summed E-state index contributed by atoms with van der Waals surface area (Å²) in [6.07, 6.45) is 1.84. The molecule has 1 unspecified atom stereocenters. The smallest absolute Gasteiger partial charge is 0.404 e. The van der Waals surface area contributed by atoms with Crippen LogP contribution in [0.1, 0.15) is 34.2 Å². The highest BCUT2D eigenvalue weighted by atomic mass is 32.1. The summed E-state index contributed by atoms with van der Waals surface area (Å²) in [5, 5.41) is 2.00. The van der Waals surface area contributed by atoms with Crippen molar-refractivity contribution in [1.82, 2.24) is 9.97 Å². The van der Waals surface area contributed by atoms with Crippen molar-refractivity contribution < 1.29 is 19.1 Å². The van der Waals surface area contributed by atoms with Gasteiger partial charge in [0.2, 0.25) is 5.95 Å². The lowest BCUT2D eigenvalue weighted by molar-refractivity contribution is 0.0989. The van der Waals surface area contributed by atoms with Crippen LogP contribution in [0.5, 0.6) is 5.75 Å². The Balaban J connectivity index is 1.55. The molecule has 0 radical (unpaired) electrons. The second kappa shape index (κ2) is 11.3. The number of anilines is 3. The molecule has 190 valence electrons. The second-order valence-electron chi connectivity index (χ2n) is 8.61. The predicted octanol–water partition coefficient (Wildman–Crippen LogP) is 3.70. The minimum Gasteiger partial charge on any atom is -0.485 e. The summed E-state index contributed by atoms with van der Waals surface area (Å²) in [6, 6.07) is 11.5. The number of primary amides is 1. The Labute approximate surface area is 214 Å². The van der Waals surface area contributed by atoms with Crippen molar-refractivity contribution in [2.45, 2.75) is 18.9 Å². The van der Waals surface area contributed by atoms with Crippen LogP contribution in [-0.4, -0.2) is 62.8 Å². The number of aromatic nitrogens is 2. The van der Waals surface area contributed by atoms with E-state index in [9.17, 15) is 9.59 Å². The fraction of sp³-hybridized carbons (Fsp3) is 0.360. The molecular formula is C25H30N6O4S. The lowest BCUT2D eigenvalue weighted by Crippen LogP contribution is -2.33. The summed E-state index contributed by atoms with van der Waals surface area (Å²) in [5.41, 5.74) is 6.25. The Hall–Kier alpha value is -3.86. The molecule has 0 bridgehead atoms. The molecule has 3 aromatic rings. The SMILES string of the molecule is CN(C)c1ncc2c(n1)N(C)CCN(c1cccc(OC(CCCOC(N)=O)c3cccs3)c1)C2=O. The number of hydrogen-bond acceptors (Lipinski definition) is 9. The number of ether oxygens (including phenoxy) is 2. The topological polar surface area (TPSA) is 114 Å². The molecule has 2 N–H and O–H groups in total. The van der Waals surface area contributed by atoms with E-state index in [1.807, 2.05) is 72.7 Å². The van der Waals surface area contributed by atoms with Crippen LogP contribution < -0.4 is 25.2 Å². The molecule has 1 aromatic carbocycles. The van der Waals surface area contributed by atoms with E-state index < -0.39 is 6.09 Å². The number of hydrogen-bond donors (Lipinski definition) is 1. The lowest BCUT2D eigenvalue weighted by atomic mass is 10.1. The van der Waals surface area contributed by atoms with Crippen molar-refractivity contribution in [3.8, 4) is 5.75 Å². The Morgan fingerprint density at radius 1 is 1.25 bits per heavy atom. The fourth-order valence-corrected chi connectivity index (χ4v) is 4.72. The van der Waals surface area contributed by atoms with Gasteiger partial charge in [0.05, 0.1) is 6.61 Å². The molecule has 0 fully saturated rings. The van der Waals surface area contributed by atoms with Gasteiger partial charge < -0.3 is 29.9 Å². The van der Waals surface area contributed by atoms with Gasteiger partial charge in [-0.3, -0.25) is 4.79 Å². The van der Waals surface area contributed by atoms with Gasteiger partial charge in [0.1, 0.15) is 23.2 Å². The first-order valence-corrected chi connectivity index (χ1v) is 12.5. The molecule has 1 aliphatic heterocycles. The van der Waals surface area contributed by atoms with Crippen molar-refractivity contribution >= 4 is 40.8 Å². The third-order valence-corrected chi connectivity index (χ3v) is 6.74. The predicted molar refractivity (Wildman–Crippen MR) is 140 cm³/mol. The summed E-state index contributed by atoms with van der Waals surface area (Å²) < 4.78 is 11.2. The number of rotatable bonds is 9. The van der Waals surface area contributed by atoms with E-state index in [4.69, 9.17) is 15.2 Å². The Morgan fingerprint density at radius 2 is 2.08 bits per heavy atom. The maximum absolute atomic E-state index is 13.5. The number of carbonyl (C=O) groups excluding carboxylic acids is 2. The average molecular weight is 511 g/mol. The van der Waals surface area contributed by atoms with Gasteiger partial charge in [0.15, 0.2) is 0 Å². The van der Waals surface area contributed by atoms with Crippen molar-refractivity contribution in [3.05, 3.63) is 58.4 Å². The van der Waals surface area contributed by atoms with Crippen LogP contribution in [0.4, 0.5) is 22.2 Å². The average Bonchev–Trinajstić information content (AvgIpc) is 3.36. The van der Waals surface area contributed by atoms with E-state index >= 15 is 0 Å². The number of carbonyl (C=O) groups is 2. The first-order valence-electron chi connectivity index (χ1n) is 11.6. The Morgan fingerprint density at radius 3 is 2.81 bits per heavy atom. The molecule has 11 heteroatoms. The van der Waals surface area contributed by atoms with Crippen LogP contribution in [0.25, 0.3) is 0 Å². The van der Waals surface area contributed by atoms with Gasteiger partial charge in [-0.2, -0.15) is 4.98 Å². The lowest BCUT2D eigenvalue weighted by Gasteiger charge is -2.23. The minimum absolute atomic E-state index is 0.157. The number of fused-ring (bicyclic) bond motifs is 1. The number of nitrogens with two attached hydrogens (primary N) is 1. The summed E-state index contributed by atoms with van der Waals surface area (Å²) >= 11 is 1.60. The van der Waals surface area contributed by atoms with Gasteiger partial charge in [-0.25, -0.2) is 9.78 Å². The molecule has 0 aliphatic carbocycles. The van der Waals surface area contributed by atoms with Crippen LogP contribution >= 0.6 is 11.3 Å². The van der Waals surface area contributed by atoms with Crippen LogP contribution in [0.15, 0.2) is 48.0 Å². The quantitative estimate of drug-likeness (QED) is 0.434. The summed E-state index contributed by atoms with van der Waals surface area (Å²) in [5.74, 6) is 1.66. The zero-order chi connectivity index (χ0) is 25.7. The van der Waals surface area contributed by atoms with Crippen molar-refractivity contribution in [2.24, 2.45) is 5.73 Å². The first-order chi connectivity index (χ1) is 17.3. The highest BCUT2D eigenvalue weighted by molar-refractivity contribution is 7.10. The molecule has 3 heterocycles. The molecule has 1 aliphatic rings. The van der Waals surface area contributed by atoms with Crippen molar-refractivity contribution in [2.75, 3.05) is 55.5 Å². The second-order valence-corrected chi connectivity index (χ2v) is 9.59. The maximum Gasteiger partial charge on any atom is 0.404 e. The van der Waals surface area contributed by atoms with Gasteiger partial charge in [-0.05, 0) is 36.4 Å². The maximum atomic E-state index is 13.5. The van der Waals surface area contributed by atoms with E-state index in [1.165, 1.54) is 0 Å². The fourth-order valence-electron chi connectivity index (χ4n) is 3.93. The van der Waals surface area contributed by atoms with E-state index in [-0.39, 0.29) is 18.6 Å². The van der Waals surface area contributed by atoms with E-state index in [2.05, 4.69) is 9.97 Å². The molecule has 1 atom stereocenters. The normalized spacial score (nSPS) is 14.1. The molecule has 0 saturated heterocycles. The number of thiophene rings is 1. The van der Waals surface area contributed by atoms with Gasteiger partial charge in [0, 0.05) is 57.1 Å². The van der Waals surface area contributed by atoms with Crippen molar-refractivity contribution in [1.29, 1.82) is 0 Å². The summed E-state index contributed by atoms with van der Waals surface area (Å²) in [6.45, 7) is 1.34. The van der Waals surface area contributed by atoms with Crippen LogP contribution in [0.3, 0.4) is 0 Å². The van der Waals surface area contributed by atoms with Gasteiger partial charge in [-0.15, -0.1) is 11.3 Å². The van der Waals surface area contributed by atoms with Crippen molar-refractivity contribution in [3.63, 3.8) is 0 Å². The van der Waals surface area contributed by atoms with E-state index in [0.717, 1.165) is 10.6 Å². The third-order valence-electron chi connectivity index (χ3n) is 5.78. The molecular weight excluding hydrogens is 480 g/mol. The van der Waals surface area contributed by atoms with E-state index in [1.54, 1.807) is 22.4 Å². The van der Waals surface area contributed by atoms with Crippen LogP contribution in [0, 0.1) is 0 Å². The van der Waals surface area contributed by atoms with Crippen LogP contribution in [-0.2, 0) is 4.74 Å². The Bertz CT molecular complexity index is 1200. The van der Waals surface area contributed by atoms with E-state index in [0.29, 0.717) is 49.0 Å². The third kappa shape index (κ3) is 5.85. The number of benzene rings is 1. The van der Waals surface area contributed by atoms with Gasteiger partial charge in [-0.1, -0.05) is 12.1 Å². The summed E-state index contributed by atoms with van der Waals surface area (Å²) in [4.78, 5) is 39.9. The largest absolute Gasteiger partial charge is 0.485 e. The van der Waals surface area contributed by atoms with Gasteiger partial charge >= 0.3 is 6.09 Å². The molecule has 2 amide bonds. The molecule has 0 spiro atoms. The zero-order valence-corrected chi connectivity index (χ0v) is 21.4. The molecule has 0 saturated carbocycles. The minimum atomic E-state index is -0.783. The molecule has 10 nitrogen and oxygen atoms in total. The molecule has 36 heavy (non-hydrogen) atoms. The molecule has 2 aromatic heterocycles. The zero-order valence-electron chi connectivity index (χ0n) is 20.6. The van der Waals surface area contributed by atoms with Crippen LogP contribution in [0.2, 0.25) is 0 Å². The first kappa shape index (κ1) is 25.2. The standard InChI is InChI=1S/C25H30N6O4S/c1-29(2)25-27-16-19-22(28-25)30(3)11-12-31(23(19)32)17-7-4-8-18(15-17)35-20(21-10-6-14-36-21)9-5-13-34-24(26)33/h4,6-8,10,14-16,20H,5,9,11-13H2,1-3H3,(H2,26,33).